The highest BCUT2D eigenvalue weighted by Gasteiger charge is 2.83. The van der Waals surface area contributed by atoms with Crippen LogP contribution in [-0.4, -0.2) is 46.1 Å². The van der Waals surface area contributed by atoms with Gasteiger partial charge in [0, 0.05) is 0 Å². The Morgan fingerprint density at radius 3 is 1.71 bits per heavy atom. The van der Waals surface area contributed by atoms with Gasteiger partial charge in [-0.1, -0.05) is 0 Å². The van der Waals surface area contributed by atoms with Crippen molar-refractivity contribution in [2.24, 2.45) is 0 Å². The molecule has 0 aliphatic carbocycles. The van der Waals surface area contributed by atoms with Crippen molar-refractivity contribution in [2.75, 3.05) is 0 Å². The molecule has 0 fully saturated rings. The molecule has 0 bridgehead atoms. The maximum absolute atomic E-state index is 13.7. The van der Waals surface area contributed by atoms with Gasteiger partial charge < -0.3 is 14.9 Å². The van der Waals surface area contributed by atoms with Crippen LogP contribution in [0.3, 0.4) is 0 Å². The van der Waals surface area contributed by atoms with E-state index in [0.29, 0.717) is 6.07 Å². The Labute approximate surface area is 170 Å². The summed E-state index contributed by atoms with van der Waals surface area (Å²) in [5.74, 6) is -31.7. The van der Waals surface area contributed by atoms with Crippen LogP contribution in [0.5, 0.6) is 5.75 Å². The number of carboxylic acids is 2. The average Bonchev–Trinajstić information content (AvgIpc) is 2.60. The van der Waals surface area contributed by atoms with Gasteiger partial charge in [0.1, 0.15) is 5.75 Å². The molecule has 174 valence electrons. The van der Waals surface area contributed by atoms with Gasteiger partial charge in [0.2, 0.25) is 5.83 Å². The number of aromatic carboxylic acids is 2. The molecule has 0 radical (unpaired) electrons. The predicted octanol–water partition coefficient (Wildman–Crippen LogP) is 5.80. The number of benzene rings is 1. The fourth-order valence-electron chi connectivity index (χ4n) is 1.73. The van der Waals surface area contributed by atoms with E-state index in [1.54, 1.807) is 0 Å². The number of alkyl halides is 9. The van der Waals surface area contributed by atoms with Crippen molar-refractivity contribution >= 4 is 27.9 Å². The van der Waals surface area contributed by atoms with E-state index >= 15 is 0 Å². The number of rotatable bonds is 7. The van der Waals surface area contributed by atoms with Crippen molar-refractivity contribution < 1.29 is 72.8 Å². The van der Waals surface area contributed by atoms with E-state index in [1.807, 2.05) is 0 Å². The van der Waals surface area contributed by atoms with Crippen molar-refractivity contribution in [3.8, 4) is 5.75 Å². The standard InChI is InChI=1S/C14H4BrF11O5/c15-6-4(10(29)30)1-3(9(27)28)2-5(6)31-8(17)7(16)11(18,19)12(20,21)13(22,23)14(24,25)26/h1-2H,(H,27,28)(H,29,30). The number of carboxylic acid groups (broad SMARTS) is 2. The van der Waals surface area contributed by atoms with Gasteiger partial charge in [-0.25, -0.2) is 9.59 Å². The number of allylic oxidation sites excluding steroid dienone is 1. The monoisotopic (exact) mass is 540 g/mol. The largest absolute Gasteiger partial charge is 0.478 e. The summed E-state index contributed by atoms with van der Waals surface area (Å²) >= 11 is 2.38. The van der Waals surface area contributed by atoms with Crippen LogP contribution >= 0.6 is 15.9 Å². The molecule has 0 amide bonds. The van der Waals surface area contributed by atoms with Crippen LogP contribution in [0.25, 0.3) is 0 Å². The maximum atomic E-state index is 13.7. The lowest BCUT2D eigenvalue weighted by Gasteiger charge is -2.32. The smallest absolute Gasteiger partial charge is 0.460 e. The normalized spacial score (nSPS) is 14.2. The summed E-state index contributed by atoms with van der Waals surface area (Å²) in [6, 6.07) is -2.90. The van der Waals surface area contributed by atoms with Crippen LogP contribution < -0.4 is 4.74 Å². The number of ether oxygens (including phenoxy) is 1. The van der Waals surface area contributed by atoms with Gasteiger partial charge in [-0.15, -0.1) is 0 Å². The second kappa shape index (κ2) is 8.16. The SMILES string of the molecule is O=C(O)c1cc(OC(F)=C(F)C(F)(F)C(F)(F)C(F)(F)C(F)(F)F)c(Br)c(C(=O)O)c1. The summed E-state index contributed by atoms with van der Waals surface area (Å²) in [7, 11) is 0. The first kappa shape index (κ1) is 26.4. The third-order valence-electron chi connectivity index (χ3n) is 3.31. The van der Waals surface area contributed by atoms with Crippen LogP contribution in [-0.2, 0) is 0 Å². The van der Waals surface area contributed by atoms with Gasteiger partial charge in [-0.2, -0.15) is 48.3 Å². The van der Waals surface area contributed by atoms with Crippen molar-refractivity contribution in [2.45, 2.75) is 23.9 Å². The molecule has 2 N–H and O–H groups in total. The molecule has 0 unspecified atom stereocenters. The van der Waals surface area contributed by atoms with E-state index in [1.165, 1.54) is 0 Å². The minimum absolute atomic E-state index is 0.173. The molecule has 0 saturated heterocycles. The molecule has 0 heterocycles. The van der Waals surface area contributed by atoms with Crippen molar-refractivity contribution in [1.82, 2.24) is 0 Å². The van der Waals surface area contributed by atoms with Gasteiger partial charge in [0.05, 0.1) is 15.6 Å². The second-order valence-corrected chi connectivity index (χ2v) is 6.15. The first-order valence-electron chi connectivity index (χ1n) is 6.94. The maximum Gasteiger partial charge on any atom is 0.460 e. The van der Waals surface area contributed by atoms with Crippen LogP contribution in [0.1, 0.15) is 20.7 Å². The molecule has 5 nitrogen and oxygen atoms in total. The number of hydrogen-bond acceptors (Lipinski definition) is 3. The summed E-state index contributed by atoms with van der Waals surface area (Å²) in [6.07, 6.45) is -7.30. The van der Waals surface area contributed by atoms with E-state index in [-0.39, 0.29) is 6.07 Å². The highest BCUT2D eigenvalue weighted by molar-refractivity contribution is 9.10. The molecule has 0 aliphatic heterocycles. The zero-order valence-electron chi connectivity index (χ0n) is 13.8. The molecule has 1 aromatic rings. The highest BCUT2D eigenvalue weighted by Crippen LogP contribution is 2.55. The number of hydrogen-bond donors (Lipinski definition) is 2. The van der Waals surface area contributed by atoms with E-state index in [9.17, 15) is 57.9 Å². The summed E-state index contributed by atoms with van der Waals surface area (Å²) in [5.41, 5.74) is -2.09. The molecule has 31 heavy (non-hydrogen) atoms. The molecule has 17 heteroatoms. The van der Waals surface area contributed by atoms with Crippen molar-refractivity contribution in [3.63, 3.8) is 0 Å². The first-order chi connectivity index (χ1) is 13.7. The number of halogens is 12. The summed E-state index contributed by atoms with van der Waals surface area (Å²) in [5, 5.41) is 17.7. The fraction of sp³-hybridized carbons (Fsp3) is 0.286. The van der Waals surface area contributed by atoms with E-state index in [2.05, 4.69) is 20.7 Å². The quantitative estimate of drug-likeness (QED) is 0.337. The lowest BCUT2D eigenvalue weighted by atomic mass is 10.0. The average molecular weight is 541 g/mol. The Bertz CT molecular complexity index is 939. The second-order valence-electron chi connectivity index (χ2n) is 5.36. The molecule has 0 aliphatic rings. The lowest BCUT2D eigenvalue weighted by molar-refractivity contribution is -0.392. The summed E-state index contributed by atoms with van der Waals surface area (Å²) in [4.78, 5) is 21.9. The topological polar surface area (TPSA) is 83.8 Å². The van der Waals surface area contributed by atoms with Gasteiger partial charge in [-0.3, -0.25) is 0 Å². The highest BCUT2D eigenvalue weighted by atomic mass is 79.9. The summed E-state index contributed by atoms with van der Waals surface area (Å²) < 4.78 is 145. The van der Waals surface area contributed by atoms with Gasteiger partial charge in [0.25, 0.3) is 0 Å². The van der Waals surface area contributed by atoms with E-state index in [0.717, 1.165) is 0 Å². The Morgan fingerprint density at radius 1 is 0.839 bits per heavy atom. The molecule has 0 atom stereocenters. The summed E-state index contributed by atoms with van der Waals surface area (Å²) in [6.45, 7) is 0. The molecule has 1 aromatic carbocycles. The first-order valence-corrected chi connectivity index (χ1v) is 7.73. The third kappa shape index (κ3) is 4.54. The Hall–Kier alpha value is -2.59. The van der Waals surface area contributed by atoms with Crippen LogP contribution in [0.15, 0.2) is 28.4 Å². The Morgan fingerprint density at radius 2 is 1.32 bits per heavy atom. The molecule has 0 aromatic heterocycles. The molecule has 0 saturated carbocycles. The predicted molar refractivity (Wildman–Crippen MR) is 78.8 cm³/mol. The van der Waals surface area contributed by atoms with Gasteiger partial charge >= 0.3 is 41.9 Å². The Balaban J connectivity index is 3.58. The van der Waals surface area contributed by atoms with Crippen LogP contribution in [0, 0.1) is 0 Å². The minimum atomic E-state index is -7.55. The zero-order valence-corrected chi connectivity index (χ0v) is 15.4. The minimum Gasteiger partial charge on any atom is -0.478 e. The molecular formula is C14H4BrF11O5. The van der Waals surface area contributed by atoms with E-state index < -0.39 is 69.1 Å². The molecular weight excluding hydrogens is 537 g/mol. The van der Waals surface area contributed by atoms with Gasteiger partial charge in [0.15, 0.2) is 0 Å². The lowest BCUT2D eigenvalue weighted by Crippen LogP contribution is -2.61. The van der Waals surface area contributed by atoms with E-state index in [4.69, 9.17) is 10.2 Å². The zero-order chi connectivity index (χ0) is 24.7. The molecule has 1 rings (SSSR count). The van der Waals surface area contributed by atoms with Gasteiger partial charge in [-0.05, 0) is 28.1 Å². The van der Waals surface area contributed by atoms with Crippen LogP contribution in [0.2, 0.25) is 0 Å². The Kier molecular flexibility index (Phi) is 6.96. The fourth-order valence-corrected chi connectivity index (χ4v) is 2.21. The van der Waals surface area contributed by atoms with Crippen molar-refractivity contribution in [1.29, 1.82) is 0 Å². The third-order valence-corrected chi connectivity index (χ3v) is 4.13. The van der Waals surface area contributed by atoms with Crippen molar-refractivity contribution in [3.05, 3.63) is 39.6 Å². The molecule has 0 spiro atoms. The van der Waals surface area contributed by atoms with Crippen LogP contribution in [0.4, 0.5) is 48.3 Å². The number of carbonyl (C=O) groups is 2.